The number of esters is 1. The number of hydrogen-bond acceptors (Lipinski definition) is 7. The van der Waals surface area contributed by atoms with Crippen LogP contribution in [0.15, 0.2) is 41.8 Å². The van der Waals surface area contributed by atoms with Crippen molar-refractivity contribution in [3.05, 3.63) is 52.2 Å². The number of anilines is 1. The van der Waals surface area contributed by atoms with E-state index in [0.29, 0.717) is 10.6 Å². The van der Waals surface area contributed by atoms with Crippen LogP contribution in [0.1, 0.15) is 40.8 Å². The molecule has 0 aliphatic rings. The zero-order valence-electron chi connectivity index (χ0n) is 15.6. The van der Waals surface area contributed by atoms with Crippen molar-refractivity contribution in [1.29, 1.82) is 0 Å². The lowest BCUT2D eigenvalue weighted by atomic mass is 10.2. The second kappa shape index (κ2) is 9.14. The molecule has 0 saturated carbocycles. The fourth-order valence-corrected chi connectivity index (χ4v) is 2.61. The van der Waals surface area contributed by atoms with Crippen molar-refractivity contribution in [2.45, 2.75) is 26.4 Å². The first-order valence-corrected chi connectivity index (χ1v) is 9.17. The normalized spacial score (nSPS) is 10.7. The van der Waals surface area contributed by atoms with E-state index in [1.165, 1.54) is 23.5 Å². The highest BCUT2D eigenvalue weighted by Gasteiger charge is 2.17. The Balaban J connectivity index is 1.87. The van der Waals surface area contributed by atoms with E-state index in [-0.39, 0.29) is 5.56 Å². The Hall–Kier alpha value is -3.20. The van der Waals surface area contributed by atoms with Crippen LogP contribution in [0, 0.1) is 0 Å². The average molecular weight is 404 g/mol. The van der Waals surface area contributed by atoms with Crippen LogP contribution in [0.25, 0.3) is 0 Å². The van der Waals surface area contributed by atoms with Gasteiger partial charge in [-0.25, -0.2) is 9.59 Å². The van der Waals surface area contributed by atoms with Gasteiger partial charge in [-0.05, 0) is 50.4 Å². The molecule has 9 heteroatoms. The Kier molecular flexibility index (Phi) is 6.89. The van der Waals surface area contributed by atoms with Gasteiger partial charge in [-0.3, -0.25) is 20.2 Å². The van der Waals surface area contributed by atoms with Crippen LogP contribution >= 0.6 is 11.3 Å². The molecule has 8 nitrogen and oxygen atoms in total. The molecule has 2 aromatic rings. The van der Waals surface area contributed by atoms with Gasteiger partial charge in [0.15, 0.2) is 6.61 Å². The fraction of sp³-hybridized carbons (Fsp3) is 0.263. The first-order valence-electron chi connectivity index (χ1n) is 8.29. The quantitative estimate of drug-likeness (QED) is 0.741. The Labute approximate surface area is 165 Å². The molecular formula is C19H20N2O6S. The number of carbonyl (C=O) groups is 4. The molecule has 1 heterocycles. The minimum atomic E-state index is -0.772. The molecule has 0 aliphatic carbocycles. The number of thiophene rings is 1. The summed E-state index contributed by atoms with van der Waals surface area (Å²) in [5.41, 5.74) is -0.193. The average Bonchev–Trinajstić information content (AvgIpc) is 3.13. The molecule has 2 N–H and O–H groups in total. The van der Waals surface area contributed by atoms with Crippen LogP contribution in [0.5, 0.6) is 0 Å². The molecule has 0 unspecified atom stereocenters. The predicted molar refractivity (Wildman–Crippen MR) is 103 cm³/mol. The van der Waals surface area contributed by atoms with Gasteiger partial charge in [-0.2, -0.15) is 0 Å². The minimum absolute atomic E-state index is 0.131. The number of benzene rings is 1. The van der Waals surface area contributed by atoms with Crippen LogP contribution in [0.2, 0.25) is 0 Å². The second-order valence-corrected chi connectivity index (χ2v) is 7.59. The van der Waals surface area contributed by atoms with E-state index < -0.39 is 36.1 Å². The molecular weight excluding hydrogens is 384 g/mol. The molecule has 0 fully saturated rings. The summed E-state index contributed by atoms with van der Waals surface area (Å²) in [6.45, 7) is 4.58. The summed E-state index contributed by atoms with van der Waals surface area (Å²) in [6, 6.07) is 9.24. The van der Waals surface area contributed by atoms with Crippen molar-refractivity contribution in [2.75, 3.05) is 11.9 Å². The van der Waals surface area contributed by atoms with Crippen molar-refractivity contribution < 1.29 is 28.7 Å². The number of rotatable bonds is 5. The van der Waals surface area contributed by atoms with Gasteiger partial charge in [0.05, 0.1) is 10.4 Å². The lowest BCUT2D eigenvalue weighted by Crippen LogP contribution is -2.33. The molecule has 3 amide bonds. The Morgan fingerprint density at radius 1 is 1.07 bits per heavy atom. The Bertz CT molecular complexity index is 871. The molecule has 148 valence electrons. The lowest BCUT2D eigenvalue weighted by molar-refractivity contribution is -0.123. The van der Waals surface area contributed by atoms with E-state index in [9.17, 15) is 19.2 Å². The van der Waals surface area contributed by atoms with E-state index in [1.54, 1.807) is 50.4 Å². The first-order chi connectivity index (χ1) is 13.1. The molecule has 1 aromatic carbocycles. The fourth-order valence-electron chi connectivity index (χ4n) is 1.99. The number of ether oxygens (including phenoxy) is 2. The molecule has 1 aromatic heterocycles. The number of amides is 3. The maximum Gasteiger partial charge on any atom is 0.412 e. The largest absolute Gasteiger partial charge is 0.452 e. The van der Waals surface area contributed by atoms with Gasteiger partial charge in [-0.15, -0.1) is 11.3 Å². The summed E-state index contributed by atoms with van der Waals surface area (Å²) in [7, 11) is 0. The van der Waals surface area contributed by atoms with E-state index in [1.807, 2.05) is 0 Å². The van der Waals surface area contributed by atoms with Gasteiger partial charge in [0.25, 0.3) is 11.8 Å². The molecule has 2 rings (SSSR count). The van der Waals surface area contributed by atoms with Gasteiger partial charge in [0.2, 0.25) is 0 Å². The monoisotopic (exact) mass is 404 g/mol. The lowest BCUT2D eigenvalue weighted by Gasteiger charge is -2.19. The molecule has 0 radical (unpaired) electrons. The highest BCUT2D eigenvalue weighted by molar-refractivity contribution is 7.12. The molecule has 0 spiro atoms. The summed E-state index contributed by atoms with van der Waals surface area (Å²) >= 11 is 1.19. The molecule has 0 bridgehead atoms. The van der Waals surface area contributed by atoms with Crippen LogP contribution < -0.4 is 10.6 Å². The summed E-state index contributed by atoms with van der Waals surface area (Å²) in [5.74, 6) is -2.07. The van der Waals surface area contributed by atoms with Crippen molar-refractivity contribution in [3.8, 4) is 0 Å². The third-order valence-electron chi connectivity index (χ3n) is 3.08. The number of nitrogens with one attached hydrogen (secondary N) is 2. The SMILES string of the molecule is CC(C)(C)OC(=O)Nc1cccc(C(=O)OCC(=O)NC(=O)c2cccs2)c1. The summed E-state index contributed by atoms with van der Waals surface area (Å²) in [4.78, 5) is 47.8. The topological polar surface area (TPSA) is 111 Å². The van der Waals surface area contributed by atoms with Gasteiger partial charge < -0.3 is 9.47 Å². The van der Waals surface area contributed by atoms with E-state index in [4.69, 9.17) is 9.47 Å². The molecule has 0 saturated heterocycles. The Morgan fingerprint density at radius 3 is 2.46 bits per heavy atom. The van der Waals surface area contributed by atoms with Gasteiger partial charge in [0, 0.05) is 5.69 Å². The number of hydrogen-bond donors (Lipinski definition) is 2. The first kappa shape index (κ1) is 21.1. The highest BCUT2D eigenvalue weighted by Crippen LogP contribution is 2.14. The zero-order chi connectivity index (χ0) is 20.7. The second-order valence-electron chi connectivity index (χ2n) is 6.64. The van der Waals surface area contributed by atoms with Gasteiger partial charge in [0.1, 0.15) is 5.60 Å². The third-order valence-corrected chi connectivity index (χ3v) is 3.94. The van der Waals surface area contributed by atoms with Crippen LogP contribution in [-0.2, 0) is 14.3 Å². The van der Waals surface area contributed by atoms with Crippen molar-refractivity contribution in [2.24, 2.45) is 0 Å². The van der Waals surface area contributed by atoms with Gasteiger partial charge in [-0.1, -0.05) is 12.1 Å². The molecule has 0 aliphatic heterocycles. The van der Waals surface area contributed by atoms with Crippen molar-refractivity contribution in [1.82, 2.24) is 5.32 Å². The van der Waals surface area contributed by atoms with E-state index in [2.05, 4.69) is 10.6 Å². The minimum Gasteiger partial charge on any atom is -0.452 e. The Morgan fingerprint density at radius 2 is 1.82 bits per heavy atom. The summed E-state index contributed by atoms with van der Waals surface area (Å²) in [6.07, 6.45) is -0.663. The molecule has 0 atom stereocenters. The third kappa shape index (κ3) is 6.84. The van der Waals surface area contributed by atoms with Crippen molar-refractivity contribution >= 4 is 40.9 Å². The smallest absolute Gasteiger partial charge is 0.412 e. The van der Waals surface area contributed by atoms with E-state index in [0.717, 1.165) is 0 Å². The van der Waals surface area contributed by atoms with Crippen LogP contribution in [-0.4, -0.2) is 36.1 Å². The van der Waals surface area contributed by atoms with Gasteiger partial charge >= 0.3 is 12.1 Å². The van der Waals surface area contributed by atoms with E-state index >= 15 is 0 Å². The maximum atomic E-state index is 12.1. The number of carbonyl (C=O) groups excluding carboxylic acids is 4. The zero-order valence-corrected chi connectivity index (χ0v) is 16.4. The van der Waals surface area contributed by atoms with Crippen LogP contribution in [0.3, 0.4) is 0 Å². The van der Waals surface area contributed by atoms with Crippen molar-refractivity contribution in [3.63, 3.8) is 0 Å². The predicted octanol–water partition coefficient (Wildman–Crippen LogP) is 3.21. The molecule has 28 heavy (non-hydrogen) atoms. The summed E-state index contributed by atoms with van der Waals surface area (Å²) in [5, 5.41) is 6.34. The highest BCUT2D eigenvalue weighted by atomic mass is 32.1. The van der Waals surface area contributed by atoms with Crippen LogP contribution in [0.4, 0.5) is 10.5 Å². The number of imide groups is 1. The maximum absolute atomic E-state index is 12.1. The summed E-state index contributed by atoms with van der Waals surface area (Å²) < 4.78 is 10.0. The standard InChI is InChI=1S/C19H20N2O6S/c1-19(2,3)27-18(25)20-13-7-4-6-12(10-13)17(24)26-11-15(22)21-16(23)14-8-5-9-28-14/h4-10H,11H2,1-3H3,(H,20,25)(H,21,22,23).